The van der Waals surface area contributed by atoms with Crippen LogP contribution in [0.25, 0.3) is 11.7 Å². The molecule has 0 aromatic carbocycles. The summed E-state index contributed by atoms with van der Waals surface area (Å²) < 4.78 is 6.56. The molecule has 0 aliphatic carbocycles. The largest absolute Gasteiger partial charge is 0.461 e. The van der Waals surface area contributed by atoms with Gasteiger partial charge in [0.1, 0.15) is 5.65 Å². The zero-order chi connectivity index (χ0) is 15.7. The minimum absolute atomic E-state index is 0.273. The topological polar surface area (TPSA) is 89.8 Å². The number of carbonyl (C=O) groups is 3. The first-order valence-electron chi connectivity index (χ1n) is 6.47. The lowest BCUT2D eigenvalue weighted by atomic mass is 10.2. The highest BCUT2D eigenvalue weighted by Crippen LogP contribution is 2.25. The first-order valence-corrected chi connectivity index (χ1v) is 7.29. The second kappa shape index (κ2) is 5.64. The fraction of sp³-hybridized carbons (Fsp3) is 0.143. The van der Waals surface area contributed by atoms with E-state index in [0.29, 0.717) is 21.8 Å². The van der Waals surface area contributed by atoms with E-state index in [1.54, 1.807) is 35.7 Å². The number of imide groups is 1. The van der Waals surface area contributed by atoms with Crippen molar-refractivity contribution < 1.29 is 19.1 Å². The second-order valence-corrected chi connectivity index (χ2v) is 5.42. The molecule has 3 rings (SSSR count). The summed E-state index contributed by atoms with van der Waals surface area (Å²) >= 11 is 0.840. The Labute approximate surface area is 129 Å². The zero-order valence-corrected chi connectivity index (χ0v) is 12.3. The molecular formula is C14H11N3O4S. The van der Waals surface area contributed by atoms with E-state index >= 15 is 0 Å². The molecule has 22 heavy (non-hydrogen) atoms. The number of ether oxygens (including phenoxy) is 1. The van der Waals surface area contributed by atoms with Gasteiger partial charge in [0.15, 0.2) is 5.69 Å². The molecule has 3 heterocycles. The van der Waals surface area contributed by atoms with E-state index in [2.05, 4.69) is 10.3 Å². The van der Waals surface area contributed by atoms with Crippen LogP contribution in [0.1, 0.15) is 23.0 Å². The average Bonchev–Trinajstić information content (AvgIpc) is 3.02. The van der Waals surface area contributed by atoms with E-state index in [0.717, 1.165) is 11.8 Å². The fourth-order valence-corrected chi connectivity index (χ4v) is 2.69. The molecule has 1 N–H and O–H groups in total. The molecular weight excluding hydrogens is 306 g/mol. The molecule has 7 nitrogen and oxygen atoms in total. The predicted molar refractivity (Wildman–Crippen MR) is 80.3 cm³/mol. The number of hydrogen-bond acceptors (Lipinski definition) is 6. The number of esters is 1. The van der Waals surface area contributed by atoms with Crippen molar-refractivity contribution in [1.29, 1.82) is 0 Å². The monoisotopic (exact) mass is 317 g/mol. The van der Waals surface area contributed by atoms with Gasteiger partial charge in [-0.3, -0.25) is 19.3 Å². The molecule has 0 spiro atoms. The molecule has 112 valence electrons. The number of thioether (sulfide) groups is 1. The number of fused-ring (bicyclic) bond motifs is 1. The van der Waals surface area contributed by atoms with Crippen molar-refractivity contribution in [1.82, 2.24) is 14.7 Å². The van der Waals surface area contributed by atoms with Crippen LogP contribution in [0.4, 0.5) is 4.79 Å². The Bertz CT molecular complexity index is 825. The van der Waals surface area contributed by atoms with E-state index in [9.17, 15) is 14.4 Å². The minimum atomic E-state index is -0.469. The minimum Gasteiger partial charge on any atom is -0.461 e. The molecule has 1 aliphatic heterocycles. The van der Waals surface area contributed by atoms with Crippen molar-refractivity contribution in [3.63, 3.8) is 0 Å². The first-order chi connectivity index (χ1) is 10.6. The third kappa shape index (κ3) is 2.60. The fourth-order valence-electron chi connectivity index (χ4n) is 2.01. The Kier molecular flexibility index (Phi) is 3.68. The van der Waals surface area contributed by atoms with E-state index in [1.165, 1.54) is 6.20 Å². The Balaban J connectivity index is 2.00. The molecule has 1 aliphatic rings. The summed E-state index contributed by atoms with van der Waals surface area (Å²) in [6.07, 6.45) is 4.68. The van der Waals surface area contributed by atoms with Crippen LogP contribution in [0.2, 0.25) is 0 Å². The molecule has 8 heteroatoms. The lowest BCUT2D eigenvalue weighted by molar-refractivity contribution is -0.115. The van der Waals surface area contributed by atoms with Crippen LogP contribution in [-0.2, 0) is 9.53 Å². The second-order valence-electron chi connectivity index (χ2n) is 4.41. The number of carbonyl (C=O) groups excluding carboxylic acids is 3. The number of rotatable bonds is 3. The zero-order valence-electron chi connectivity index (χ0n) is 11.5. The van der Waals surface area contributed by atoms with Crippen molar-refractivity contribution in [3.05, 3.63) is 40.7 Å². The van der Waals surface area contributed by atoms with Crippen molar-refractivity contribution in [2.24, 2.45) is 0 Å². The van der Waals surface area contributed by atoms with Gasteiger partial charge in [0.25, 0.3) is 11.1 Å². The van der Waals surface area contributed by atoms with Gasteiger partial charge in [-0.25, -0.2) is 9.78 Å². The first kappa shape index (κ1) is 14.3. The van der Waals surface area contributed by atoms with Gasteiger partial charge in [-0.15, -0.1) is 0 Å². The van der Waals surface area contributed by atoms with Crippen molar-refractivity contribution in [2.75, 3.05) is 6.61 Å². The highest BCUT2D eigenvalue weighted by atomic mass is 32.2. The Morgan fingerprint density at radius 3 is 2.95 bits per heavy atom. The number of hydrogen-bond donors (Lipinski definition) is 1. The van der Waals surface area contributed by atoms with E-state index in [-0.39, 0.29) is 6.61 Å². The Morgan fingerprint density at radius 1 is 1.45 bits per heavy atom. The van der Waals surface area contributed by atoms with Gasteiger partial charge in [0.05, 0.1) is 17.7 Å². The third-order valence-electron chi connectivity index (χ3n) is 2.95. The maximum absolute atomic E-state index is 11.9. The highest BCUT2D eigenvalue weighted by molar-refractivity contribution is 8.18. The number of aromatic nitrogens is 2. The molecule has 2 amide bonds. The molecule has 2 aromatic heterocycles. The van der Waals surface area contributed by atoms with Crippen LogP contribution in [-0.4, -0.2) is 33.1 Å². The lowest BCUT2D eigenvalue weighted by Crippen LogP contribution is -2.17. The van der Waals surface area contributed by atoms with Crippen molar-refractivity contribution in [3.8, 4) is 0 Å². The summed E-state index contributed by atoms with van der Waals surface area (Å²) in [6, 6.07) is 3.47. The summed E-state index contributed by atoms with van der Waals surface area (Å²) in [6.45, 7) is 2.00. The molecule has 1 fully saturated rings. The van der Waals surface area contributed by atoms with Gasteiger partial charge in [0.2, 0.25) is 0 Å². The van der Waals surface area contributed by atoms with Gasteiger partial charge in [-0.1, -0.05) is 0 Å². The van der Waals surface area contributed by atoms with Crippen LogP contribution in [0.5, 0.6) is 0 Å². The maximum atomic E-state index is 11.9. The lowest BCUT2D eigenvalue weighted by Gasteiger charge is -2.03. The van der Waals surface area contributed by atoms with E-state index in [4.69, 9.17) is 4.74 Å². The molecule has 2 aromatic rings. The van der Waals surface area contributed by atoms with Crippen molar-refractivity contribution in [2.45, 2.75) is 6.92 Å². The van der Waals surface area contributed by atoms with Gasteiger partial charge < -0.3 is 4.74 Å². The average molecular weight is 317 g/mol. The van der Waals surface area contributed by atoms with Gasteiger partial charge >= 0.3 is 5.97 Å². The van der Waals surface area contributed by atoms with Crippen LogP contribution in [0.3, 0.4) is 0 Å². The van der Waals surface area contributed by atoms with Crippen LogP contribution >= 0.6 is 11.8 Å². The standard InChI is InChI=1S/C14H11N3O4S/c1-2-21-13(19)9-6-15-11-4-3-8(7-17(9)11)5-10-12(18)16-14(20)22-10/h3-7H,2H2,1H3,(H,16,18,20). The highest BCUT2D eigenvalue weighted by Gasteiger charge is 2.25. The third-order valence-corrected chi connectivity index (χ3v) is 3.76. The normalized spacial score (nSPS) is 16.3. The smallest absolute Gasteiger partial charge is 0.356 e. The Morgan fingerprint density at radius 2 is 2.27 bits per heavy atom. The molecule has 1 saturated heterocycles. The number of amides is 2. The number of nitrogens with zero attached hydrogens (tertiary/aromatic N) is 2. The number of pyridine rings is 1. The van der Waals surface area contributed by atoms with Gasteiger partial charge in [0, 0.05) is 6.20 Å². The van der Waals surface area contributed by atoms with E-state index < -0.39 is 17.1 Å². The molecule has 0 radical (unpaired) electrons. The van der Waals surface area contributed by atoms with Crippen molar-refractivity contribution >= 4 is 40.6 Å². The molecule has 0 atom stereocenters. The molecule has 0 bridgehead atoms. The summed E-state index contributed by atoms with van der Waals surface area (Å²) in [5.41, 5.74) is 1.56. The predicted octanol–water partition coefficient (Wildman–Crippen LogP) is 1.83. The summed E-state index contributed by atoms with van der Waals surface area (Å²) in [5, 5.41) is 1.79. The number of imidazole rings is 1. The quantitative estimate of drug-likeness (QED) is 0.686. The maximum Gasteiger partial charge on any atom is 0.356 e. The number of nitrogens with one attached hydrogen (secondary N) is 1. The van der Waals surface area contributed by atoms with Gasteiger partial charge in [-0.2, -0.15) is 0 Å². The van der Waals surface area contributed by atoms with Crippen LogP contribution in [0.15, 0.2) is 29.4 Å². The van der Waals surface area contributed by atoms with E-state index in [1.807, 2.05) is 0 Å². The molecule has 0 unspecified atom stereocenters. The summed E-state index contributed by atoms with van der Waals surface area (Å²) in [7, 11) is 0. The summed E-state index contributed by atoms with van der Waals surface area (Å²) in [4.78, 5) is 39.0. The van der Waals surface area contributed by atoms with Crippen LogP contribution < -0.4 is 5.32 Å². The molecule has 0 saturated carbocycles. The Hall–Kier alpha value is -2.61. The summed E-state index contributed by atoms with van der Waals surface area (Å²) in [5.74, 6) is -0.894. The SMILES string of the molecule is CCOC(=O)c1cnc2ccc(C=C3SC(=O)NC3=O)cn12. The van der Waals surface area contributed by atoms with Crippen LogP contribution in [0, 0.1) is 0 Å². The van der Waals surface area contributed by atoms with Gasteiger partial charge in [-0.05, 0) is 42.5 Å².